The highest BCUT2D eigenvalue weighted by Gasteiger charge is 2.13. The van der Waals surface area contributed by atoms with Crippen molar-refractivity contribution in [2.24, 2.45) is 5.16 Å². The fourth-order valence-corrected chi connectivity index (χ4v) is 2.85. The van der Waals surface area contributed by atoms with Crippen LogP contribution in [0, 0.1) is 6.92 Å². The molecule has 1 aromatic carbocycles. The van der Waals surface area contributed by atoms with E-state index in [9.17, 15) is 0 Å². The lowest BCUT2D eigenvalue weighted by molar-refractivity contribution is -0.000687. The van der Waals surface area contributed by atoms with Gasteiger partial charge in [-0.1, -0.05) is 35.3 Å². The topological polar surface area (TPSA) is 49.3 Å². The standard InChI is InChI=1S/C24H37Cl2NO4/c1-8-20-15-21(29-13-11-22(25)26)14-17(2)23(20)30-19(4)10-9-12-28-16-18(3)27-31-24(5,6)7/h11,14-15,19H,8-10,12-13,16H2,1-7H3. The predicted molar refractivity (Wildman–Crippen MR) is 130 cm³/mol. The molecule has 0 fully saturated rings. The van der Waals surface area contributed by atoms with Crippen molar-refractivity contribution in [3.63, 3.8) is 0 Å². The molecule has 176 valence electrons. The van der Waals surface area contributed by atoms with Gasteiger partial charge in [-0.15, -0.1) is 0 Å². The van der Waals surface area contributed by atoms with Crippen molar-refractivity contribution < 1.29 is 19.0 Å². The van der Waals surface area contributed by atoms with Crippen LogP contribution in [0.15, 0.2) is 27.9 Å². The fraction of sp³-hybridized carbons (Fsp3) is 0.625. The Balaban J connectivity index is 2.49. The van der Waals surface area contributed by atoms with Gasteiger partial charge in [0, 0.05) is 6.61 Å². The second-order valence-electron chi connectivity index (χ2n) is 8.54. The van der Waals surface area contributed by atoms with E-state index in [-0.39, 0.29) is 16.2 Å². The summed E-state index contributed by atoms with van der Waals surface area (Å²) in [6.07, 6.45) is 4.35. The lowest BCUT2D eigenvalue weighted by Crippen LogP contribution is -2.18. The zero-order valence-corrected chi connectivity index (χ0v) is 21.4. The van der Waals surface area contributed by atoms with Gasteiger partial charge in [0.15, 0.2) is 0 Å². The fourth-order valence-electron chi connectivity index (χ4n) is 2.72. The summed E-state index contributed by atoms with van der Waals surface area (Å²) in [5, 5.41) is 4.09. The lowest BCUT2D eigenvalue weighted by Gasteiger charge is -2.20. The Kier molecular flexibility index (Phi) is 12.3. The van der Waals surface area contributed by atoms with Gasteiger partial charge in [-0.05, 0) is 90.1 Å². The van der Waals surface area contributed by atoms with Gasteiger partial charge in [0.25, 0.3) is 0 Å². The minimum Gasteiger partial charge on any atom is -0.490 e. The molecule has 0 aliphatic heterocycles. The van der Waals surface area contributed by atoms with Crippen LogP contribution in [-0.4, -0.2) is 37.2 Å². The molecule has 0 aliphatic rings. The van der Waals surface area contributed by atoms with Crippen LogP contribution >= 0.6 is 23.2 Å². The van der Waals surface area contributed by atoms with E-state index in [1.54, 1.807) is 6.08 Å². The van der Waals surface area contributed by atoms with E-state index in [1.165, 1.54) is 0 Å². The van der Waals surface area contributed by atoms with Crippen molar-refractivity contribution in [2.75, 3.05) is 19.8 Å². The average Bonchev–Trinajstić information content (AvgIpc) is 2.67. The molecule has 0 aliphatic carbocycles. The van der Waals surface area contributed by atoms with Crippen LogP contribution < -0.4 is 9.47 Å². The molecule has 0 bridgehead atoms. The molecule has 0 N–H and O–H groups in total. The quantitative estimate of drug-likeness (QED) is 0.175. The highest BCUT2D eigenvalue weighted by Crippen LogP contribution is 2.31. The molecular formula is C24H37Cl2NO4. The Morgan fingerprint density at radius 1 is 1.23 bits per heavy atom. The minimum atomic E-state index is -0.289. The van der Waals surface area contributed by atoms with Gasteiger partial charge in [0.2, 0.25) is 0 Å². The summed E-state index contributed by atoms with van der Waals surface area (Å²) in [7, 11) is 0. The number of aryl methyl sites for hydroxylation is 2. The van der Waals surface area contributed by atoms with Gasteiger partial charge in [0.1, 0.15) is 28.2 Å². The van der Waals surface area contributed by atoms with Crippen molar-refractivity contribution in [1.82, 2.24) is 0 Å². The second kappa shape index (κ2) is 13.9. The Morgan fingerprint density at radius 3 is 2.55 bits per heavy atom. The predicted octanol–water partition coefficient (Wildman–Crippen LogP) is 7.01. The highest BCUT2D eigenvalue weighted by atomic mass is 35.5. The van der Waals surface area contributed by atoms with E-state index >= 15 is 0 Å². The molecule has 0 heterocycles. The first-order valence-corrected chi connectivity index (χ1v) is 11.5. The average molecular weight is 474 g/mol. The number of hydrogen-bond acceptors (Lipinski definition) is 5. The second-order valence-corrected chi connectivity index (χ2v) is 9.55. The van der Waals surface area contributed by atoms with Gasteiger partial charge in [-0.25, -0.2) is 0 Å². The van der Waals surface area contributed by atoms with E-state index in [1.807, 2.05) is 46.8 Å². The summed E-state index contributed by atoms with van der Waals surface area (Å²) in [4.78, 5) is 5.39. The molecule has 5 nitrogen and oxygen atoms in total. The summed E-state index contributed by atoms with van der Waals surface area (Å²) in [5.41, 5.74) is 2.70. The minimum absolute atomic E-state index is 0.0799. The Hall–Kier alpha value is -1.43. The maximum absolute atomic E-state index is 6.26. The number of nitrogens with zero attached hydrogens (tertiary/aromatic N) is 1. The van der Waals surface area contributed by atoms with Gasteiger partial charge in [0.05, 0.1) is 18.4 Å². The van der Waals surface area contributed by atoms with E-state index in [2.05, 4.69) is 19.0 Å². The molecule has 0 spiro atoms. The molecule has 0 amide bonds. The summed E-state index contributed by atoms with van der Waals surface area (Å²) < 4.78 is 17.9. The van der Waals surface area contributed by atoms with Crippen molar-refractivity contribution in [3.05, 3.63) is 33.8 Å². The summed E-state index contributed by atoms with van der Waals surface area (Å²) >= 11 is 11.3. The summed E-state index contributed by atoms with van der Waals surface area (Å²) in [5.74, 6) is 1.71. The van der Waals surface area contributed by atoms with Crippen LogP contribution in [0.5, 0.6) is 11.5 Å². The van der Waals surface area contributed by atoms with Gasteiger partial charge < -0.3 is 19.0 Å². The van der Waals surface area contributed by atoms with E-state index < -0.39 is 0 Å². The van der Waals surface area contributed by atoms with Crippen LogP contribution in [0.1, 0.15) is 65.5 Å². The smallest absolute Gasteiger partial charge is 0.129 e. The molecule has 0 radical (unpaired) electrons. The lowest BCUT2D eigenvalue weighted by atomic mass is 10.1. The normalized spacial score (nSPS) is 13.0. The van der Waals surface area contributed by atoms with Gasteiger partial charge in [-0.2, -0.15) is 0 Å². The van der Waals surface area contributed by atoms with Gasteiger partial charge >= 0.3 is 0 Å². The third-order valence-corrected chi connectivity index (χ3v) is 4.51. The van der Waals surface area contributed by atoms with E-state index in [4.69, 9.17) is 42.3 Å². The zero-order chi connectivity index (χ0) is 23.4. The first kappa shape index (κ1) is 27.6. The third-order valence-electron chi connectivity index (χ3n) is 4.20. The number of oxime groups is 1. The molecule has 1 atom stereocenters. The third kappa shape index (κ3) is 12.3. The van der Waals surface area contributed by atoms with Crippen molar-refractivity contribution >= 4 is 28.9 Å². The summed E-state index contributed by atoms with van der Waals surface area (Å²) in [6, 6.07) is 3.98. The maximum Gasteiger partial charge on any atom is 0.129 e. The summed E-state index contributed by atoms with van der Waals surface area (Å²) in [6.45, 7) is 15.5. The molecule has 7 heteroatoms. The molecule has 0 saturated carbocycles. The number of hydrogen-bond donors (Lipinski definition) is 0. The monoisotopic (exact) mass is 473 g/mol. The highest BCUT2D eigenvalue weighted by molar-refractivity contribution is 6.55. The van der Waals surface area contributed by atoms with Crippen molar-refractivity contribution in [1.29, 1.82) is 0 Å². The van der Waals surface area contributed by atoms with Crippen LogP contribution in [-0.2, 0) is 16.0 Å². The van der Waals surface area contributed by atoms with Crippen LogP contribution in [0.25, 0.3) is 0 Å². The Morgan fingerprint density at radius 2 is 1.94 bits per heavy atom. The van der Waals surface area contributed by atoms with Crippen molar-refractivity contribution in [2.45, 2.75) is 79.4 Å². The Labute approximate surface area is 197 Å². The maximum atomic E-state index is 6.26. The molecule has 1 rings (SSSR count). The Bertz CT molecular complexity index is 738. The molecular weight excluding hydrogens is 437 g/mol. The molecule has 1 unspecified atom stereocenters. The molecule has 1 aromatic rings. The van der Waals surface area contributed by atoms with E-state index in [0.29, 0.717) is 19.8 Å². The number of ether oxygens (including phenoxy) is 3. The first-order chi connectivity index (χ1) is 14.5. The number of rotatable bonds is 13. The van der Waals surface area contributed by atoms with Crippen LogP contribution in [0.2, 0.25) is 0 Å². The zero-order valence-electron chi connectivity index (χ0n) is 19.9. The number of halogens is 2. The van der Waals surface area contributed by atoms with Gasteiger partial charge in [-0.3, -0.25) is 0 Å². The SMILES string of the molecule is CCc1cc(OCC=C(Cl)Cl)cc(C)c1OC(C)CCCOCC(C)=NOC(C)(C)C. The first-order valence-electron chi connectivity index (χ1n) is 10.7. The van der Waals surface area contributed by atoms with Crippen LogP contribution in [0.3, 0.4) is 0 Å². The molecule has 31 heavy (non-hydrogen) atoms. The number of benzene rings is 1. The molecule has 0 saturated heterocycles. The largest absolute Gasteiger partial charge is 0.490 e. The molecule has 0 aromatic heterocycles. The van der Waals surface area contributed by atoms with Crippen LogP contribution in [0.4, 0.5) is 0 Å². The van der Waals surface area contributed by atoms with E-state index in [0.717, 1.165) is 47.6 Å². The van der Waals surface area contributed by atoms with Crippen molar-refractivity contribution in [3.8, 4) is 11.5 Å².